The van der Waals surface area contributed by atoms with Crippen molar-refractivity contribution in [2.24, 2.45) is 5.92 Å². The molecule has 4 heteroatoms. The van der Waals surface area contributed by atoms with Gasteiger partial charge >= 0.3 is 0 Å². The van der Waals surface area contributed by atoms with E-state index in [1.807, 2.05) is 17.8 Å². The van der Waals surface area contributed by atoms with Crippen molar-refractivity contribution in [3.63, 3.8) is 0 Å². The lowest BCUT2D eigenvalue weighted by Crippen LogP contribution is -2.32. The summed E-state index contributed by atoms with van der Waals surface area (Å²) in [6.07, 6.45) is 0.864. The van der Waals surface area contributed by atoms with Crippen LogP contribution in [0.5, 0.6) is 0 Å². The van der Waals surface area contributed by atoms with Crippen LogP contribution in [0.4, 0.5) is 0 Å². The highest BCUT2D eigenvalue weighted by atomic mass is 32.2. The normalized spacial score (nSPS) is 18.8. The van der Waals surface area contributed by atoms with Gasteiger partial charge in [-0.15, -0.1) is 0 Å². The number of carbonyl (C=O) groups is 1. The summed E-state index contributed by atoms with van der Waals surface area (Å²) in [4.78, 5) is 11.7. The van der Waals surface area contributed by atoms with Crippen LogP contribution in [0, 0.1) is 5.92 Å². The molecule has 0 unspecified atom stereocenters. The summed E-state index contributed by atoms with van der Waals surface area (Å²) in [7, 11) is 0. The predicted octanol–water partition coefficient (Wildman–Crippen LogP) is 2.07. The molecule has 0 saturated carbocycles. The Labute approximate surface area is 112 Å². The fourth-order valence-corrected chi connectivity index (χ4v) is 2.72. The van der Waals surface area contributed by atoms with E-state index in [0.29, 0.717) is 6.61 Å². The van der Waals surface area contributed by atoms with Gasteiger partial charge in [0.05, 0.1) is 12.5 Å². The Morgan fingerprint density at radius 1 is 1.39 bits per heavy atom. The molecule has 0 aromatic heterocycles. The molecule has 1 atom stereocenters. The second-order valence-corrected chi connectivity index (χ2v) is 5.49. The molecule has 1 fully saturated rings. The first-order valence-corrected chi connectivity index (χ1v) is 7.49. The molecule has 1 aromatic carbocycles. The fraction of sp³-hybridized carbons (Fsp3) is 0.500. The summed E-state index contributed by atoms with van der Waals surface area (Å²) < 4.78 is 5.20. The van der Waals surface area contributed by atoms with Crippen molar-refractivity contribution in [2.45, 2.75) is 12.2 Å². The maximum atomic E-state index is 11.7. The maximum absolute atomic E-state index is 11.7. The quantitative estimate of drug-likeness (QED) is 0.800. The Balaban J connectivity index is 1.54. The number of ether oxygens (including phenoxy) is 1. The van der Waals surface area contributed by atoms with Crippen molar-refractivity contribution >= 4 is 17.7 Å². The molecule has 0 radical (unpaired) electrons. The molecule has 0 aliphatic carbocycles. The van der Waals surface area contributed by atoms with Gasteiger partial charge in [0.25, 0.3) is 0 Å². The van der Waals surface area contributed by atoms with Gasteiger partial charge in [-0.1, -0.05) is 30.3 Å². The van der Waals surface area contributed by atoms with Gasteiger partial charge in [0.15, 0.2) is 0 Å². The van der Waals surface area contributed by atoms with Gasteiger partial charge in [-0.2, -0.15) is 11.8 Å². The standard InChI is InChI=1S/C14H19NO2S/c16-14(13-6-8-17-10-13)15-7-9-18-11-12-4-2-1-3-5-12/h1-5,13H,6-11H2,(H,15,16)/t13-/m1/s1. The maximum Gasteiger partial charge on any atom is 0.225 e. The molecule has 1 saturated heterocycles. The molecule has 1 amide bonds. The molecule has 18 heavy (non-hydrogen) atoms. The molecule has 98 valence electrons. The van der Waals surface area contributed by atoms with Crippen LogP contribution in [-0.4, -0.2) is 31.4 Å². The minimum atomic E-state index is 0.0733. The highest BCUT2D eigenvalue weighted by Gasteiger charge is 2.22. The molecule has 1 heterocycles. The number of benzene rings is 1. The lowest BCUT2D eigenvalue weighted by molar-refractivity contribution is -0.124. The van der Waals surface area contributed by atoms with Gasteiger partial charge in [-0.25, -0.2) is 0 Å². The van der Waals surface area contributed by atoms with E-state index in [2.05, 4.69) is 29.6 Å². The average Bonchev–Trinajstić information content (AvgIpc) is 2.93. The van der Waals surface area contributed by atoms with Crippen LogP contribution >= 0.6 is 11.8 Å². The molecular formula is C14H19NO2S. The van der Waals surface area contributed by atoms with Crippen LogP contribution in [0.3, 0.4) is 0 Å². The van der Waals surface area contributed by atoms with Gasteiger partial charge in [0.2, 0.25) is 5.91 Å². The third kappa shape index (κ3) is 4.35. The van der Waals surface area contributed by atoms with Crippen molar-refractivity contribution in [2.75, 3.05) is 25.5 Å². The van der Waals surface area contributed by atoms with E-state index in [1.54, 1.807) is 0 Å². The summed E-state index contributed by atoms with van der Waals surface area (Å²) in [5.41, 5.74) is 1.33. The SMILES string of the molecule is O=C(NCCSCc1ccccc1)[C@@H]1CCOC1. The molecule has 2 rings (SSSR count). The monoisotopic (exact) mass is 265 g/mol. The smallest absolute Gasteiger partial charge is 0.225 e. The first-order valence-electron chi connectivity index (χ1n) is 6.33. The van der Waals surface area contributed by atoms with Crippen LogP contribution in [0.25, 0.3) is 0 Å². The molecular weight excluding hydrogens is 246 g/mol. The van der Waals surface area contributed by atoms with Gasteiger partial charge in [-0.05, 0) is 12.0 Å². The van der Waals surface area contributed by atoms with E-state index in [0.717, 1.165) is 31.1 Å². The van der Waals surface area contributed by atoms with E-state index in [9.17, 15) is 4.79 Å². The lowest BCUT2D eigenvalue weighted by atomic mass is 10.1. The number of hydrogen-bond donors (Lipinski definition) is 1. The van der Waals surface area contributed by atoms with Gasteiger partial charge < -0.3 is 10.1 Å². The number of rotatable bonds is 6. The predicted molar refractivity (Wildman–Crippen MR) is 74.5 cm³/mol. The average molecular weight is 265 g/mol. The van der Waals surface area contributed by atoms with Crippen molar-refractivity contribution in [3.8, 4) is 0 Å². The first kappa shape index (κ1) is 13.4. The molecule has 1 aromatic rings. The number of carbonyl (C=O) groups excluding carboxylic acids is 1. The minimum absolute atomic E-state index is 0.0733. The Bertz CT molecular complexity index is 363. The number of amides is 1. The number of hydrogen-bond acceptors (Lipinski definition) is 3. The fourth-order valence-electron chi connectivity index (χ4n) is 1.90. The summed E-state index contributed by atoms with van der Waals surface area (Å²) in [6.45, 7) is 2.05. The first-order chi connectivity index (χ1) is 8.86. The lowest BCUT2D eigenvalue weighted by Gasteiger charge is -2.08. The van der Waals surface area contributed by atoms with E-state index in [-0.39, 0.29) is 11.8 Å². The van der Waals surface area contributed by atoms with Gasteiger partial charge in [0.1, 0.15) is 0 Å². The molecule has 1 aliphatic rings. The van der Waals surface area contributed by atoms with Crippen molar-refractivity contribution in [3.05, 3.63) is 35.9 Å². The third-order valence-electron chi connectivity index (χ3n) is 2.96. The van der Waals surface area contributed by atoms with Gasteiger partial charge in [0, 0.05) is 24.7 Å². The molecule has 1 aliphatic heterocycles. The highest BCUT2D eigenvalue weighted by Crippen LogP contribution is 2.13. The Morgan fingerprint density at radius 2 is 2.22 bits per heavy atom. The largest absolute Gasteiger partial charge is 0.381 e. The summed E-state index contributed by atoms with van der Waals surface area (Å²) in [5.74, 6) is 2.18. The highest BCUT2D eigenvalue weighted by molar-refractivity contribution is 7.98. The molecule has 0 bridgehead atoms. The van der Waals surface area contributed by atoms with E-state index in [4.69, 9.17) is 4.74 Å². The molecule has 0 spiro atoms. The minimum Gasteiger partial charge on any atom is -0.381 e. The second kappa shape index (κ2) is 7.44. The molecule has 1 N–H and O–H groups in total. The summed E-state index contributed by atoms with van der Waals surface area (Å²) in [5, 5.41) is 2.97. The summed E-state index contributed by atoms with van der Waals surface area (Å²) >= 11 is 1.84. The van der Waals surface area contributed by atoms with Crippen LogP contribution in [0.15, 0.2) is 30.3 Å². The Morgan fingerprint density at radius 3 is 2.94 bits per heavy atom. The van der Waals surface area contributed by atoms with Crippen molar-refractivity contribution in [1.29, 1.82) is 0 Å². The van der Waals surface area contributed by atoms with Gasteiger partial charge in [-0.3, -0.25) is 4.79 Å². The van der Waals surface area contributed by atoms with E-state index in [1.165, 1.54) is 5.56 Å². The van der Waals surface area contributed by atoms with E-state index >= 15 is 0 Å². The zero-order chi connectivity index (χ0) is 12.6. The van der Waals surface area contributed by atoms with Crippen LogP contribution in [0.1, 0.15) is 12.0 Å². The summed E-state index contributed by atoms with van der Waals surface area (Å²) in [6, 6.07) is 10.4. The van der Waals surface area contributed by atoms with Crippen molar-refractivity contribution < 1.29 is 9.53 Å². The number of nitrogens with one attached hydrogen (secondary N) is 1. The third-order valence-corrected chi connectivity index (χ3v) is 3.99. The second-order valence-electron chi connectivity index (χ2n) is 4.39. The van der Waals surface area contributed by atoms with Crippen molar-refractivity contribution in [1.82, 2.24) is 5.32 Å². The zero-order valence-electron chi connectivity index (χ0n) is 10.4. The topological polar surface area (TPSA) is 38.3 Å². The Kier molecular flexibility index (Phi) is 5.55. The zero-order valence-corrected chi connectivity index (χ0v) is 11.2. The van der Waals surface area contributed by atoms with Crippen LogP contribution in [-0.2, 0) is 15.3 Å². The Hall–Kier alpha value is -1.00. The van der Waals surface area contributed by atoms with E-state index < -0.39 is 0 Å². The van der Waals surface area contributed by atoms with Crippen LogP contribution in [0.2, 0.25) is 0 Å². The number of thioether (sulfide) groups is 1. The molecule has 3 nitrogen and oxygen atoms in total. The van der Waals surface area contributed by atoms with Crippen LogP contribution < -0.4 is 5.32 Å².